The quantitative estimate of drug-likeness (QED) is 0.0737. The molecule has 2 aliphatic carbocycles. The van der Waals surface area contributed by atoms with E-state index in [1.807, 2.05) is 36.4 Å². The number of ether oxygens (including phenoxy) is 2. The summed E-state index contributed by atoms with van der Waals surface area (Å²) in [5.41, 5.74) is 4.73. The monoisotopic (exact) mass is 778 g/mol. The van der Waals surface area contributed by atoms with Gasteiger partial charge in [-0.05, 0) is 99.2 Å². The van der Waals surface area contributed by atoms with Gasteiger partial charge in [-0.2, -0.15) is 0 Å². The van der Waals surface area contributed by atoms with Gasteiger partial charge in [0.25, 0.3) is 0 Å². The predicted octanol–water partition coefficient (Wildman–Crippen LogP) is 8.10. The predicted molar refractivity (Wildman–Crippen MR) is 219 cm³/mol. The fraction of sp³-hybridized carbons (Fsp3) is 0.444. The molecule has 2 atom stereocenters. The zero-order chi connectivity index (χ0) is 40.5. The van der Waals surface area contributed by atoms with Crippen LogP contribution in [0.4, 0.5) is 15.3 Å². The number of hydrogen-bond donors (Lipinski definition) is 4. The Morgan fingerprint density at radius 3 is 2.18 bits per heavy atom. The number of benzene rings is 3. The van der Waals surface area contributed by atoms with Crippen molar-refractivity contribution in [1.29, 1.82) is 0 Å². The number of hydrogen-bond acceptors (Lipinski definition) is 8. The molecule has 12 nitrogen and oxygen atoms in total. The molecule has 1 heterocycles. The maximum absolute atomic E-state index is 14.2. The van der Waals surface area contributed by atoms with Crippen molar-refractivity contribution in [2.75, 3.05) is 18.5 Å². The minimum Gasteiger partial charge on any atom is -0.449 e. The lowest BCUT2D eigenvalue weighted by Gasteiger charge is -2.28. The number of anilines is 1. The van der Waals surface area contributed by atoms with Crippen LogP contribution in [-0.2, 0) is 19.1 Å². The van der Waals surface area contributed by atoms with Crippen LogP contribution >= 0.6 is 0 Å². The molecule has 12 heteroatoms. The van der Waals surface area contributed by atoms with Crippen molar-refractivity contribution >= 4 is 40.7 Å². The number of alkyl carbamates (subject to hydrolysis) is 2. The molecule has 3 aromatic carbocycles. The standard InChI is InChI=1S/C45H54N4O8/c1-28-24-40(50)56-39-26-30(21-22-31(28)39)47-41(51)37(20-12-13-23-46-43(53)57-45(2,3)4)48-42(52)38(25-29-14-6-5-7-15-29)49-44(54)55-27-36-34-18-10-8-16-32(34)33-17-9-11-19-35(33)36/h8-11,16-19,21-22,24,26,29,36-38H,5-7,12-15,20,23,25,27H2,1-4H3,(H,46,53)(H,47,51)(H,48,52)(H,49,54). The Bertz CT molecular complexity index is 2090. The normalized spacial score (nSPS) is 15.2. The zero-order valence-electron chi connectivity index (χ0n) is 33.3. The summed E-state index contributed by atoms with van der Waals surface area (Å²) in [4.78, 5) is 65.9. The minimum atomic E-state index is -0.989. The zero-order valence-corrected chi connectivity index (χ0v) is 33.3. The average molecular weight is 779 g/mol. The van der Waals surface area contributed by atoms with Crippen LogP contribution in [-0.4, -0.2) is 54.8 Å². The summed E-state index contributed by atoms with van der Waals surface area (Å²) >= 11 is 0. The Morgan fingerprint density at radius 2 is 1.49 bits per heavy atom. The first-order valence-corrected chi connectivity index (χ1v) is 20.1. The molecule has 1 fully saturated rings. The molecule has 1 aromatic heterocycles. The van der Waals surface area contributed by atoms with Crippen molar-refractivity contribution < 1.29 is 33.1 Å². The molecular weight excluding hydrogens is 725 g/mol. The second-order valence-electron chi connectivity index (χ2n) is 16.2. The van der Waals surface area contributed by atoms with Crippen molar-refractivity contribution in [1.82, 2.24) is 16.0 Å². The van der Waals surface area contributed by atoms with E-state index in [0.29, 0.717) is 37.1 Å². The third kappa shape index (κ3) is 11.0. The van der Waals surface area contributed by atoms with Crippen LogP contribution in [0.5, 0.6) is 0 Å². The van der Waals surface area contributed by atoms with E-state index in [0.717, 1.165) is 65.3 Å². The molecule has 1 saturated carbocycles. The van der Waals surface area contributed by atoms with Gasteiger partial charge in [-0.3, -0.25) is 9.59 Å². The van der Waals surface area contributed by atoms with Crippen LogP contribution in [0.15, 0.2) is 82.0 Å². The molecule has 4 N–H and O–H groups in total. The molecule has 0 radical (unpaired) electrons. The van der Waals surface area contributed by atoms with Crippen LogP contribution in [0.3, 0.4) is 0 Å². The topological polar surface area (TPSA) is 165 Å². The lowest BCUT2D eigenvalue weighted by molar-refractivity contribution is -0.128. The van der Waals surface area contributed by atoms with Crippen LogP contribution in [0.1, 0.15) is 101 Å². The van der Waals surface area contributed by atoms with Gasteiger partial charge in [0.1, 0.15) is 29.9 Å². The lowest BCUT2D eigenvalue weighted by atomic mass is 9.84. The molecule has 4 aromatic rings. The highest BCUT2D eigenvalue weighted by Gasteiger charge is 2.32. The van der Waals surface area contributed by atoms with E-state index in [4.69, 9.17) is 13.9 Å². The van der Waals surface area contributed by atoms with Crippen molar-refractivity contribution in [2.45, 2.75) is 109 Å². The molecule has 2 aliphatic rings. The number of unbranched alkanes of at least 4 members (excludes halogenated alkanes) is 1. The Morgan fingerprint density at radius 1 is 0.807 bits per heavy atom. The molecule has 0 spiro atoms. The first-order valence-electron chi connectivity index (χ1n) is 20.1. The first kappa shape index (κ1) is 41.0. The summed E-state index contributed by atoms with van der Waals surface area (Å²) < 4.78 is 16.6. The van der Waals surface area contributed by atoms with E-state index < -0.39 is 47.3 Å². The number of amides is 4. The van der Waals surface area contributed by atoms with E-state index in [1.54, 1.807) is 45.9 Å². The third-order valence-electron chi connectivity index (χ3n) is 10.7. The van der Waals surface area contributed by atoms with Gasteiger partial charge >= 0.3 is 17.8 Å². The molecule has 0 bridgehead atoms. The maximum Gasteiger partial charge on any atom is 0.407 e. The number of nitrogens with one attached hydrogen (secondary N) is 4. The Balaban J connectivity index is 1.15. The van der Waals surface area contributed by atoms with Crippen molar-refractivity contribution in [3.05, 3.63) is 99.9 Å². The third-order valence-corrected chi connectivity index (χ3v) is 10.7. The maximum atomic E-state index is 14.2. The second-order valence-corrected chi connectivity index (χ2v) is 16.2. The van der Waals surface area contributed by atoms with E-state index in [9.17, 15) is 24.0 Å². The molecular formula is C45H54N4O8. The van der Waals surface area contributed by atoms with E-state index in [2.05, 4.69) is 33.4 Å². The van der Waals surface area contributed by atoms with E-state index in [1.165, 1.54) is 6.07 Å². The van der Waals surface area contributed by atoms with Gasteiger partial charge in [0.2, 0.25) is 11.8 Å². The second kappa shape index (κ2) is 18.5. The number of rotatable bonds is 14. The molecule has 57 heavy (non-hydrogen) atoms. The number of fused-ring (bicyclic) bond motifs is 4. The molecule has 2 unspecified atom stereocenters. The first-order chi connectivity index (χ1) is 27.3. The summed E-state index contributed by atoms with van der Waals surface area (Å²) in [6, 6.07) is 20.7. The Hall–Kier alpha value is -5.65. The molecule has 0 saturated heterocycles. The summed E-state index contributed by atoms with van der Waals surface area (Å²) in [6.07, 6.45) is 5.55. The molecule has 0 aliphatic heterocycles. The number of carbonyl (C=O) groups excluding carboxylic acids is 4. The van der Waals surface area contributed by atoms with E-state index in [-0.39, 0.29) is 24.9 Å². The lowest BCUT2D eigenvalue weighted by Crippen LogP contribution is -2.53. The highest BCUT2D eigenvalue weighted by Crippen LogP contribution is 2.44. The van der Waals surface area contributed by atoms with E-state index >= 15 is 0 Å². The molecule has 6 rings (SSSR count). The highest BCUT2D eigenvalue weighted by molar-refractivity contribution is 5.99. The average Bonchev–Trinajstić information content (AvgIpc) is 3.49. The summed E-state index contributed by atoms with van der Waals surface area (Å²) in [5, 5.41) is 12.1. The minimum absolute atomic E-state index is 0.103. The van der Waals surface area contributed by atoms with Gasteiger partial charge in [-0.25, -0.2) is 14.4 Å². The van der Waals surface area contributed by atoms with Crippen molar-refractivity contribution in [2.24, 2.45) is 5.92 Å². The SMILES string of the molecule is Cc1cc(=O)oc2cc(NC(=O)C(CCCCNC(=O)OC(C)(C)C)NC(=O)C(CC3CCCCC3)NC(=O)OCC3c4ccccc4-c4ccccc43)ccc12. The molecule has 302 valence electrons. The van der Waals surface area contributed by atoms with Gasteiger partial charge in [-0.1, -0.05) is 80.6 Å². The van der Waals surface area contributed by atoms with Gasteiger partial charge in [0.05, 0.1) is 0 Å². The Labute approximate surface area is 333 Å². The molecule has 4 amide bonds. The number of aryl methyl sites for hydroxylation is 1. The fourth-order valence-electron chi connectivity index (χ4n) is 7.92. The van der Waals surface area contributed by atoms with Gasteiger partial charge < -0.3 is 35.2 Å². The summed E-state index contributed by atoms with van der Waals surface area (Å²) in [5.74, 6) is -0.874. The highest BCUT2D eigenvalue weighted by atomic mass is 16.6. The summed E-state index contributed by atoms with van der Waals surface area (Å²) in [6.45, 7) is 7.58. The number of carbonyl (C=O) groups is 4. The van der Waals surface area contributed by atoms with Crippen LogP contribution < -0.4 is 26.9 Å². The van der Waals surface area contributed by atoms with Gasteiger partial charge in [-0.15, -0.1) is 0 Å². The van der Waals surface area contributed by atoms with Crippen LogP contribution in [0.2, 0.25) is 0 Å². The van der Waals surface area contributed by atoms with Crippen LogP contribution in [0.25, 0.3) is 22.1 Å². The van der Waals surface area contributed by atoms with Crippen LogP contribution in [0, 0.1) is 12.8 Å². The largest absolute Gasteiger partial charge is 0.449 e. The van der Waals surface area contributed by atoms with Crippen molar-refractivity contribution in [3.63, 3.8) is 0 Å². The van der Waals surface area contributed by atoms with Gasteiger partial charge in [0, 0.05) is 35.7 Å². The Kier molecular flexibility index (Phi) is 13.3. The smallest absolute Gasteiger partial charge is 0.407 e. The summed E-state index contributed by atoms with van der Waals surface area (Å²) in [7, 11) is 0. The van der Waals surface area contributed by atoms with Crippen molar-refractivity contribution in [3.8, 4) is 11.1 Å². The van der Waals surface area contributed by atoms with Gasteiger partial charge in [0.15, 0.2) is 0 Å². The fourth-order valence-corrected chi connectivity index (χ4v) is 7.92.